The first-order chi connectivity index (χ1) is 8.92. The Morgan fingerprint density at radius 3 is 2.89 bits per heavy atom. The van der Waals surface area contributed by atoms with E-state index in [0.717, 1.165) is 13.0 Å². The van der Waals surface area contributed by atoms with E-state index in [2.05, 4.69) is 41.0 Å². The normalized spacial score (nSPS) is 19.9. The molecule has 1 aromatic heterocycles. The van der Waals surface area contributed by atoms with Crippen LogP contribution in [0.5, 0.6) is 0 Å². The van der Waals surface area contributed by atoms with Gasteiger partial charge in [0.2, 0.25) is 0 Å². The van der Waals surface area contributed by atoms with Crippen LogP contribution in [0.15, 0.2) is 35.7 Å². The smallest absolute Gasteiger partial charge is 0.0972 e. The van der Waals surface area contributed by atoms with Gasteiger partial charge < -0.3 is 5.32 Å². The van der Waals surface area contributed by atoms with E-state index in [1.54, 1.807) is 11.3 Å². The fraction of sp³-hybridized carbons (Fsp3) is 0.400. The Hall–Kier alpha value is -1.19. The molecule has 94 valence electrons. The Bertz CT molecular complexity index is 486. The van der Waals surface area contributed by atoms with Crippen LogP contribution in [0.25, 0.3) is 0 Å². The van der Waals surface area contributed by atoms with Crippen LogP contribution in [-0.4, -0.2) is 11.5 Å². The Morgan fingerprint density at radius 1 is 1.22 bits per heavy atom. The lowest BCUT2D eigenvalue weighted by Gasteiger charge is -2.21. The number of nitrogens with zero attached hydrogens (tertiary/aromatic N) is 1. The van der Waals surface area contributed by atoms with Crippen LogP contribution in [0.3, 0.4) is 0 Å². The largest absolute Gasteiger partial charge is 0.309 e. The summed E-state index contributed by atoms with van der Waals surface area (Å²) in [5.74, 6) is 0. The highest BCUT2D eigenvalue weighted by molar-refractivity contribution is 7.09. The topological polar surface area (TPSA) is 24.9 Å². The van der Waals surface area contributed by atoms with Crippen LogP contribution in [0.4, 0.5) is 0 Å². The van der Waals surface area contributed by atoms with E-state index in [4.69, 9.17) is 4.98 Å². The third-order valence-corrected chi connectivity index (χ3v) is 4.30. The third-order valence-electron chi connectivity index (χ3n) is 3.44. The van der Waals surface area contributed by atoms with Gasteiger partial charge in [0.25, 0.3) is 0 Å². The van der Waals surface area contributed by atoms with Crippen molar-refractivity contribution in [2.24, 2.45) is 0 Å². The van der Waals surface area contributed by atoms with Gasteiger partial charge in [-0.3, -0.25) is 0 Å². The summed E-state index contributed by atoms with van der Waals surface area (Å²) < 4.78 is 0. The molecule has 2 heterocycles. The van der Waals surface area contributed by atoms with E-state index < -0.39 is 0 Å². The number of hydrogen-bond donors (Lipinski definition) is 1. The zero-order chi connectivity index (χ0) is 12.2. The van der Waals surface area contributed by atoms with Crippen LogP contribution in [0.2, 0.25) is 0 Å². The first kappa shape index (κ1) is 11.9. The van der Waals surface area contributed by atoms with Gasteiger partial charge in [-0.1, -0.05) is 36.8 Å². The molecular formula is C15H18N2S. The number of nitrogens with one attached hydrogen (secondary N) is 1. The minimum absolute atomic E-state index is 0.486. The van der Waals surface area contributed by atoms with E-state index in [-0.39, 0.29) is 0 Å². The number of rotatable bonds is 3. The van der Waals surface area contributed by atoms with E-state index in [1.807, 2.05) is 0 Å². The molecule has 1 unspecified atom stereocenters. The van der Waals surface area contributed by atoms with Crippen LogP contribution in [0, 0.1) is 0 Å². The lowest BCUT2D eigenvalue weighted by atomic mass is 10.0. The number of thiazole rings is 1. The zero-order valence-corrected chi connectivity index (χ0v) is 11.2. The van der Waals surface area contributed by atoms with Gasteiger partial charge in [-0.2, -0.15) is 0 Å². The fourth-order valence-corrected chi connectivity index (χ4v) is 3.32. The molecule has 3 heteroatoms. The van der Waals surface area contributed by atoms with Gasteiger partial charge in [0.15, 0.2) is 0 Å². The first-order valence-electron chi connectivity index (χ1n) is 6.63. The molecule has 0 aliphatic carbocycles. The molecule has 1 aromatic carbocycles. The number of hydrogen-bond acceptors (Lipinski definition) is 3. The molecule has 2 aromatic rings. The minimum Gasteiger partial charge on any atom is -0.309 e. The van der Waals surface area contributed by atoms with Crippen molar-refractivity contribution in [2.45, 2.75) is 31.7 Å². The van der Waals surface area contributed by atoms with Crippen molar-refractivity contribution in [2.75, 3.05) is 6.54 Å². The Labute approximate surface area is 112 Å². The summed E-state index contributed by atoms with van der Waals surface area (Å²) in [5, 5.41) is 7.01. The number of aromatic nitrogens is 1. The third kappa shape index (κ3) is 2.79. The number of piperidine rings is 1. The monoisotopic (exact) mass is 258 g/mol. The van der Waals surface area contributed by atoms with Gasteiger partial charge in [0.05, 0.1) is 16.7 Å². The second kappa shape index (κ2) is 5.63. The standard InChI is InChI=1S/C15H18N2S/c1-2-6-12(7-3-1)10-15-17-14(11-18-15)13-8-4-5-9-16-13/h1-3,6-7,11,13,16H,4-5,8-10H2. The molecule has 1 N–H and O–H groups in total. The molecule has 0 bridgehead atoms. The Balaban J connectivity index is 1.69. The van der Waals surface area contributed by atoms with Crippen LogP contribution >= 0.6 is 11.3 Å². The average Bonchev–Trinajstić information content (AvgIpc) is 2.89. The lowest BCUT2D eigenvalue weighted by Crippen LogP contribution is -2.26. The first-order valence-corrected chi connectivity index (χ1v) is 7.51. The summed E-state index contributed by atoms with van der Waals surface area (Å²) in [5.41, 5.74) is 2.58. The molecule has 2 nitrogen and oxygen atoms in total. The molecule has 0 radical (unpaired) electrons. The zero-order valence-electron chi connectivity index (χ0n) is 10.4. The molecule has 0 saturated carbocycles. The van der Waals surface area contributed by atoms with Gasteiger partial charge in [-0.05, 0) is 24.9 Å². The molecule has 18 heavy (non-hydrogen) atoms. The summed E-state index contributed by atoms with van der Waals surface area (Å²) >= 11 is 1.79. The predicted octanol–water partition coefficient (Wildman–Crippen LogP) is 3.55. The number of benzene rings is 1. The second-order valence-electron chi connectivity index (χ2n) is 4.83. The molecule has 3 rings (SSSR count). The highest BCUT2D eigenvalue weighted by atomic mass is 32.1. The lowest BCUT2D eigenvalue weighted by molar-refractivity contribution is 0.406. The van der Waals surface area contributed by atoms with E-state index in [0.29, 0.717) is 6.04 Å². The fourth-order valence-electron chi connectivity index (χ4n) is 2.44. The van der Waals surface area contributed by atoms with Gasteiger partial charge >= 0.3 is 0 Å². The van der Waals surface area contributed by atoms with E-state index in [1.165, 1.54) is 35.5 Å². The molecule has 1 atom stereocenters. The van der Waals surface area contributed by atoms with E-state index >= 15 is 0 Å². The Morgan fingerprint density at radius 2 is 2.11 bits per heavy atom. The maximum Gasteiger partial charge on any atom is 0.0972 e. The van der Waals surface area contributed by atoms with Crippen molar-refractivity contribution in [3.63, 3.8) is 0 Å². The molecule has 0 amide bonds. The van der Waals surface area contributed by atoms with Crippen molar-refractivity contribution >= 4 is 11.3 Å². The molecule has 1 saturated heterocycles. The van der Waals surface area contributed by atoms with Crippen molar-refractivity contribution < 1.29 is 0 Å². The second-order valence-corrected chi connectivity index (χ2v) is 5.77. The van der Waals surface area contributed by atoms with Gasteiger partial charge in [0.1, 0.15) is 0 Å². The van der Waals surface area contributed by atoms with Crippen molar-refractivity contribution in [1.82, 2.24) is 10.3 Å². The van der Waals surface area contributed by atoms with Crippen LogP contribution in [-0.2, 0) is 6.42 Å². The molecule has 1 aliphatic heterocycles. The quantitative estimate of drug-likeness (QED) is 0.910. The van der Waals surface area contributed by atoms with Crippen LogP contribution < -0.4 is 5.32 Å². The van der Waals surface area contributed by atoms with Gasteiger partial charge in [0, 0.05) is 11.8 Å². The SMILES string of the molecule is c1ccc(Cc2nc(C3CCCCN3)cs2)cc1. The summed E-state index contributed by atoms with van der Waals surface area (Å²) in [6.07, 6.45) is 4.81. The van der Waals surface area contributed by atoms with Crippen molar-refractivity contribution in [3.05, 3.63) is 52.0 Å². The predicted molar refractivity (Wildman–Crippen MR) is 76.0 cm³/mol. The van der Waals surface area contributed by atoms with Crippen molar-refractivity contribution in [3.8, 4) is 0 Å². The summed E-state index contributed by atoms with van der Waals surface area (Å²) in [6.45, 7) is 1.14. The van der Waals surface area contributed by atoms with E-state index in [9.17, 15) is 0 Å². The minimum atomic E-state index is 0.486. The summed E-state index contributed by atoms with van der Waals surface area (Å²) in [6, 6.07) is 11.1. The highest BCUT2D eigenvalue weighted by Crippen LogP contribution is 2.25. The summed E-state index contributed by atoms with van der Waals surface area (Å²) in [7, 11) is 0. The van der Waals surface area contributed by atoms with Gasteiger partial charge in [-0.15, -0.1) is 11.3 Å². The highest BCUT2D eigenvalue weighted by Gasteiger charge is 2.17. The molecular weight excluding hydrogens is 240 g/mol. The molecule has 0 spiro atoms. The molecule has 1 aliphatic rings. The maximum absolute atomic E-state index is 4.79. The average molecular weight is 258 g/mol. The molecule has 1 fully saturated rings. The maximum atomic E-state index is 4.79. The van der Waals surface area contributed by atoms with Crippen LogP contribution in [0.1, 0.15) is 41.6 Å². The van der Waals surface area contributed by atoms with Crippen molar-refractivity contribution in [1.29, 1.82) is 0 Å². The summed E-state index contributed by atoms with van der Waals surface area (Å²) in [4.78, 5) is 4.79. The van der Waals surface area contributed by atoms with Gasteiger partial charge in [-0.25, -0.2) is 4.98 Å². The Kier molecular flexibility index (Phi) is 3.72.